The second kappa shape index (κ2) is 4.95. The van der Waals surface area contributed by atoms with Crippen LogP contribution in [-0.4, -0.2) is 16.0 Å². The predicted octanol–water partition coefficient (Wildman–Crippen LogP) is 1.76. The van der Waals surface area contributed by atoms with Gasteiger partial charge in [-0.2, -0.15) is 4.98 Å². The van der Waals surface area contributed by atoms with Crippen LogP contribution in [0, 0.1) is 19.7 Å². The summed E-state index contributed by atoms with van der Waals surface area (Å²) >= 11 is 0. The molecule has 1 aromatic carbocycles. The van der Waals surface area contributed by atoms with E-state index in [1.165, 1.54) is 18.2 Å². The largest absolute Gasteiger partial charge is 0.343 e. The van der Waals surface area contributed by atoms with Crippen LogP contribution in [0.1, 0.15) is 27.6 Å². The molecule has 0 radical (unpaired) electrons. The minimum absolute atomic E-state index is 0.149. The number of benzene rings is 1. The van der Waals surface area contributed by atoms with E-state index >= 15 is 0 Å². The summed E-state index contributed by atoms with van der Waals surface area (Å²) in [5.74, 6) is 0.178. The Morgan fingerprint density at radius 1 is 1.44 bits per heavy atom. The SMILES string of the molecule is Cc1noc(CNC(=O)c2ccc(F)cc2C)n1. The van der Waals surface area contributed by atoms with Crippen LogP contribution in [0.3, 0.4) is 0 Å². The number of amides is 1. The fraction of sp³-hybridized carbons (Fsp3) is 0.250. The number of carbonyl (C=O) groups excluding carboxylic acids is 1. The summed E-state index contributed by atoms with van der Waals surface area (Å²) < 4.78 is 17.8. The molecule has 0 aliphatic heterocycles. The monoisotopic (exact) mass is 249 g/mol. The Balaban J connectivity index is 2.03. The molecule has 0 fully saturated rings. The predicted molar refractivity (Wildman–Crippen MR) is 61.3 cm³/mol. The normalized spacial score (nSPS) is 10.4. The van der Waals surface area contributed by atoms with E-state index in [1.54, 1.807) is 13.8 Å². The molecule has 94 valence electrons. The molecule has 0 saturated heterocycles. The second-order valence-corrected chi connectivity index (χ2v) is 3.88. The summed E-state index contributed by atoms with van der Waals surface area (Å²) in [6.07, 6.45) is 0. The summed E-state index contributed by atoms with van der Waals surface area (Å²) in [5, 5.41) is 6.24. The first-order valence-electron chi connectivity index (χ1n) is 5.40. The summed E-state index contributed by atoms with van der Waals surface area (Å²) in [7, 11) is 0. The molecule has 1 heterocycles. The number of hydrogen-bond donors (Lipinski definition) is 1. The topological polar surface area (TPSA) is 68.0 Å². The van der Waals surface area contributed by atoms with Gasteiger partial charge in [0.1, 0.15) is 5.82 Å². The van der Waals surface area contributed by atoms with Gasteiger partial charge in [-0.3, -0.25) is 4.79 Å². The fourth-order valence-corrected chi connectivity index (χ4v) is 1.54. The lowest BCUT2D eigenvalue weighted by Gasteiger charge is -2.05. The molecule has 0 bridgehead atoms. The number of halogens is 1. The third kappa shape index (κ3) is 2.71. The van der Waals surface area contributed by atoms with Crippen molar-refractivity contribution in [1.29, 1.82) is 0 Å². The third-order valence-electron chi connectivity index (χ3n) is 2.40. The van der Waals surface area contributed by atoms with Gasteiger partial charge in [0.2, 0.25) is 5.89 Å². The van der Waals surface area contributed by atoms with Gasteiger partial charge < -0.3 is 9.84 Å². The number of nitrogens with one attached hydrogen (secondary N) is 1. The van der Waals surface area contributed by atoms with Crippen molar-refractivity contribution >= 4 is 5.91 Å². The Morgan fingerprint density at radius 2 is 2.22 bits per heavy atom. The maximum absolute atomic E-state index is 12.9. The minimum atomic E-state index is -0.364. The summed E-state index contributed by atoms with van der Waals surface area (Å²) in [5.41, 5.74) is 1.00. The van der Waals surface area contributed by atoms with E-state index in [-0.39, 0.29) is 18.3 Å². The highest BCUT2D eigenvalue weighted by Gasteiger charge is 2.11. The Labute approximate surface area is 103 Å². The molecule has 0 aliphatic rings. The molecule has 0 saturated carbocycles. The first kappa shape index (κ1) is 12.2. The van der Waals surface area contributed by atoms with Crippen LogP contribution < -0.4 is 5.32 Å². The number of carbonyl (C=O) groups is 1. The summed E-state index contributed by atoms with van der Waals surface area (Å²) in [6.45, 7) is 3.52. The number of nitrogens with zero attached hydrogens (tertiary/aromatic N) is 2. The number of aryl methyl sites for hydroxylation is 2. The van der Waals surface area contributed by atoms with E-state index in [9.17, 15) is 9.18 Å². The lowest BCUT2D eigenvalue weighted by molar-refractivity contribution is 0.0945. The molecule has 5 nitrogen and oxygen atoms in total. The number of rotatable bonds is 3. The van der Waals surface area contributed by atoms with E-state index in [0.717, 1.165) is 0 Å². The molecular weight excluding hydrogens is 237 g/mol. The average Bonchev–Trinajstić information content (AvgIpc) is 2.72. The van der Waals surface area contributed by atoms with Crippen LogP contribution in [0.25, 0.3) is 0 Å². The van der Waals surface area contributed by atoms with Gasteiger partial charge in [-0.05, 0) is 37.6 Å². The molecule has 0 spiro atoms. The van der Waals surface area contributed by atoms with Gasteiger partial charge in [-0.25, -0.2) is 4.39 Å². The minimum Gasteiger partial charge on any atom is -0.343 e. The van der Waals surface area contributed by atoms with Crippen molar-refractivity contribution in [3.8, 4) is 0 Å². The maximum atomic E-state index is 12.9. The van der Waals surface area contributed by atoms with Crippen molar-refractivity contribution in [3.63, 3.8) is 0 Å². The van der Waals surface area contributed by atoms with Crippen molar-refractivity contribution in [2.24, 2.45) is 0 Å². The first-order chi connectivity index (χ1) is 8.56. The van der Waals surface area contributed by atoms with Crippen molar-refractivity contribution in [3.05, 3.63) is 46.9 Å². The highest BCUT2D eigenvalue weighted by Crippen LogP contribution is 2.10. The zero-order chi connectivity index (χ0) is 13.1. The van der Waals surface area contributed by atoms with Gasteiger partial charge in [0.05, 0.1) is 6.54 Å². The van der Waals surface area contributed by atoms with E-state index < -0.39 is 0 Å². The summed E-state index contributed by atoms with van der Waals surface area (Å²) in [4.78, 5) is 15.8. The van der Waals surface area contributed by atoms with Gasteiger partial charge in [-0.15, -0.1) is 0 Å². The van der Waals surface area contributed by atoms with E-state index in [2.05, 4.69) is 15.5 Å². The molecule has 0 atom stereocenters. The zero-order valence-corrected chi connectivity index (χ0v) is 10.0. The third-order valence-corrected chi connectivity index (χ3v) is 2.40. The number of aromatic nitrogens is 2. The van der Waals surface area contributed by atoms with Crippen molar-refractivity contribution in [2.45, 2.75) is 20.4 Å². The highest BCUT2D eigenvalue weighted by molar-refractivity contribution is 5.95. The smallest absolute Gasteiger partial charge is 0.251 e. The molecule has 0 aliphatic carbocycles. The quantitative estimate of drug-likeness (QED) is 0.899. The lowest BCUT2D eigenvalue weighted by Crippen LogP contribution is -2.23. The molecule has 2 aromatic rings. The molecule has 18 heavy (non-hydrogen) atoms. The summed E-state index contributed by atoms with van der Waals surface area (Å²) in [6, 6.07) is 4.00. The zero-order valence-electron chi connectivity index (χ0n) is 10.0. The first-order valence-corrected chi connectivity index (χ1v) is 5.40. The molecule has 2 rings (SSSR count). The van der Waals surface area contributed by atoms with E-state index in [0.29, 0.717) is 22.8 Å². The Morgan fingerprint density at radius 3 is 2.83 bits per heavy atom. The molecule has 1 aromatic heterocycles. The van der Waals surface area contributed by atoms with E-state index in [1.807, 2.05) is 0 Å². The van der Waals surface area contributed by atoms with Crippen LogP contribution in [0.15, 0.2) is 22.7 Å². The Hall–Kier alpha value is -2.24. The van der Waals surface area contributed by atoms with Gasteiger partial charge in [-0.1, -0.05) is 5.16 Å². The van der Waals surface area contributed by atoms with Crippen LogP contribution >= 0.6 is 0 Å². The number of hydrogen-bond acceptors (Lipinski definition) is 4. The van der Waals surface area contributed by atoms with Crippen LogP contribution in [-0.2, 0) is 6.54 Å². The molecular formula is C12H12FN3O2. The standard InChI is InChI=1S/C12H12FN3O2/c1-7-5-9(13)3-4-10(7)12(17)14-6-11-15-8(2)16-18-11/h3-5H,6H2,1-2H3,(H,14,17). The van der Waals surface area contributed by atoms with Crippen molar-refractivity contribution in [2.75, 3.05) is 0 Å². The molecule has 6 heteroatoms. The van der Waals surface area contributed by atoms with Crippen LogP contribution in [0.4, 0.5) is 4.39 Å². The average molecular weight is 249 g/mol. The van der Waals surface area contributed by atoms with Gasteiger partial charge in [0.15, 0.2) is 5.82 Å². The van der Waals surface area contributed by atoms with Crippen molar-refractivity contribution in [1.82, 2.24) is 15.5 Å². The second-order valence-electron chi connectivity index (χ2n) is 3.88. The Kier molecular flexibility index (Phi) is 3.36. The Bertz CT molecular complexity index is 580. The fourth-order valence-electron chi connectivity index (χ4n) is 1.54. The highest BCUT2D eigenvalue weighted by atomic mass is 19.1. The van der Waals surface area contributed by atoms with Gasteiger partial charge in [0.25, 0.3) is 5.91 Å². The molecule has 1 amide bonds. The van der Waals surface area contributed by atoms with Crippen LogP contribution in [0.5, 0.6) is 0 Å². The maximum Gasteiger partial charge on any atom is 0.251 e. The van der Waals surface area contributed by atoms with E-state index in [4.69, 9.17) is 4.52 Å². The van der Waals surface area contributed by atoms with Crippen molar-refractivity contribution < 1.29 is 13.7 Å². The van der Waals surface area contributed by atoms with Gasteiger partial charge in [0, 0.05) is 5.56 Å². The van der Waals surface area contributed by atoms with Gasteiger partial charge >= 0.3 is 0 Å². The molecule has 0 unspecified atom stereocenters. The van der Waals surface area contributed by atoms with Crippen LogP contribution in [0.2, 0.25) is 0 Å². The lowest BCUT2D eigenvalue weighted by atomic mass is 10.1. The molecule has 1 N–H and O–H groups in total.